The molecule has 0 aliphatic heterocycles. The van der Waals surface area contributed by atoms with Crippen LogP contribution in [0, 0.1) is 17.0 Å². The quantitative estimate of drug-likeness (QED) is 0.425. The molecule has 0 bridgehead atoms. The van der Waals surface area contributed by atoms with E-state index >= 15 is 0 Å². The Morgan fingerprint density at radius 2 is 2.04 bits per heavy atom. The maximum Gasteiger partial charge on any atom is 0.311 e. The highest BCUT2D eigenvalue weighted by molar-refractivity contribution is 5.84. The number of carbonyl (C=O) groups excluding carboxylic acids is 1. The van der Waals surface area contributed by atoms with Crippen molar-refractivity contribution in [3.8, 4) is 11.5 Å². The number of benzene rings is 2. The molecular weight excluding hydrogens is 362 g/mol. The van der Waals surface area contributed by atoms with Crippen LogP contribution in [0.5, 0.6) is 11.5 Å². The predicted octanol–water partition coefficient (Wildman–Crippen LogP) is 3.56. The third-order valence-corrected chi connectivity index (χ3v) is 4.04. The van der Waals surface area contributed by atoms with Crippen LogP contribution in [-0.4, -0.2) is 30.8 Å². The second kappa shape index (κ2) is 9.50. The summed E-state index contributed by atoms with van der Waals surface area (Å²) in [5.41, 5.74) is 4.94. The zero-order valence-electron chi connectivity index (χ0n) is 16.3. The van der Waals surface area contributed by atoms with Gasteiger partial charge in [-0.3, -0.25) is 14.9 Å². The first-order valence-corrected chi connectivity index (χ1v) is 8.69. The number of methoxy groups -OCH3 is 1. The minimum absolute atomic E-state index is 0.151. The smallest absolute Gasteiger partial charge is 0.311 e. The molecule has 8 nitrogen and oxygen atoms in total. The number of hydrazone groups is 1. The summed E-state index contributed by atoms with van der Waals surface area (Å²) in [4.78, 5) is 22.3. The van der Waals surface area contributed by atoms with Crippen molar-refractivity contribution in [1.82, 2.24) is 5.43 Å². The minimum Gasteiger partial charge on any atom is -0.490 e. The van der Waals surface area contributed by atoms with Crippen molar-refractivity contribution < 1.29 is 19.2 Å². The molecule has 0 aliphatic rings. The monoisotopic (exact) mass is 385 g/mol. The van der Waals surface area contributed by atoms with E-state index in [4.69, 9.17) is 9.47 Å². The van der Waals surface area contributed by atoms with Gasteiger partial charge in [-0.25, -0.2) is 5.43 Å². The van der Waals surface area contributed by atoms with Gasteiger partial charge in [0.05, 0.1) is 18.2 Å². The van der Waals surface area contributed by atoms with Crippen LogP contribution in [0.2, 0.25) is 0 Å². The summed E-state index contributed by atoms with van der Waals surface area (Å²) in [5, 5.41) is 14.8. The number of rotatable bonds is 8. The van der Waals surface area contributed by atoms with Gasteiger partial charge in [0.25, 0.3) is 5.91 Å². The Balaban J connectivity index is 1.91. The number of aryl methyl sites for hydroxylation is 1. The molecule has 8 heteroatoms. The average Bonchev–Trinajstić information content (AvgIpc) is 2.66. The van der Waals surface area contributed by atoms with Crippen LogP contribution in [0.4, 0.5) is 5.69 Å². The van der Waals surface area contributed by atoms with Crippen LogP contribution < -0.4 is 14.9 Å². The van der Waals surface area contributed by atoms with E-state index in [9.17, 15) is 14.9 Å². The lowest BCUT2D eigenvalue weighted by Gasteiger charge is -2.12. The number of ether oxygens (including phenoxy) is 2. The molecule has 0 radical (unpaired) electrons. The number of nitro benzene ring substituents is 1. The lowest BCUT2D eigenvalue weighted by molar-refractivity contribution is -0.385. The number of nitro groups is 1. The summed E-state index contributed by atoms with van der Waals surface area (Å²) in [7, 11) is 1.36. The lowest BCUT2D eigenvalue weighted by Crippen LogP contribution is -2.24. The Bertz CT molecular complexity index is 893. The number of nitrogens with zero attached hydrogens (tertiary/aromatic N) is 2. The van der Waals surface area contributed by atoms with Crippen molar-refractivity contribution >= 4 is 17.8 Å². The summed E-state index contributed by atoms with van der Waals surface area (Å²) in [5.74, 6) is 0.732. The summed E-state index contributed by atoms with van der Waals surface area (Å²) in [6.45, 7) is 6.04. The van der Waals surface area contributed by atoms with Gasteiger partial charge < -0.3 is 9.47 Å². The number of nitrogens with one attached hydrogen (secondary N) is 1. The molecule has 0 spiro atoms. The molecule has 0 atom stereocenters. The van der Waals surface area contributed by atoms with E-state index in [0.29, 0.717) is 17.2 Å². The highest BCUT2D eigenvalue weighted by atomic mass is 16.6. The molecule has 2 rings (SSSR count). The van der Waals surface area contributed by atoms with Gasteiger partial charge >= 0.3 is 5.69 Å². The predicted molar refractivity (Wildman–Crippen MR) is 106 cm³/mol. The van der Waals surface area contributed by atoms with Gasteiger partial charge in [0, 0.05) is 11.6 Å². The molecule has 0 saturated heterocycles. The van der Waals surface area contributed by atoms with Crippen LogP contribution in [0.3, 0.4) is 0 Å². The van der Waals surface area contributed by atoms with Crippen LogP contribution in [0.25, 0.3) is 0 Å². The summed E-state index contributed by atoms with van der Waals surface area (Å²) < 4.78 is 10.4. The number of hydrogen-bond donors (Lipinski definition) is 1. The van der Waals surface area contributed by atoms with Gasteiger partial charge in [0.15, 0.2) is 12.4 Å². The van der Waals surface area contributed by atoms with E-state index in [0.717, 1.165) is 5.56 Å². The molecule has 148 valence electrons. The molecular formula is C20H23N3O5. The first kappa shape index (κ1) is 20.9. The van der Waals surface area contributed by atoms with Crippen LogP contribution in [0.15, 0.2) is 41.5 Å². The SMILES string of the molecule is COc1ccc(/C=N/NC(=O)COc2ccc(C(C)C)c(C)c2)cc1[N+](=O)[O-]. The van der Waals surface area contributed by atoms with Crippen molar-refractivity contribution in [1.29, 1.82) is 0 Å². The van der Waals surface area contributed by atoms with E-state index in [2.05, 4.69) is 24.4 Å². The first-order valence-electron chi connectivity index (χ1n) is 8.69. The standard InChI is InChI=1S/C20H23N3O5/c1-13(2)17-7-6-16(9-14(17)3)28-12-20(24)22-21-11-15-5-8-19(27-4)18(10-15)23(25)26/h5-11,13H,12H2,1-4H3,(H,22,24)/b21-11+. The zero-order valence-corrected chi connectivity index (χ0v) is 16.3. The highest BCUT2D eigenvalue weighted by Crippen LogP contribution is 2.27. The molecule has 1 amide bonds. The molecule has 2 aromatic rings. The fourth-order valence-corrected chi connectivity index (χ4v) is 2.68. The van der Waals surface area contributed by atoms with E-state index in [-0.39, 0.29) is 18.0 Å². The first-order chi connectivity index (χ1) is 13.3. The van der Waals surface area contributed by atoms with Crippen molar-refractivity contribution in [2.24, 2.45) is 5.10 Å². The molecule has 0 unspecified atom stereocenters. The highest BCUT2D eigenvalue weighted by Gasteiger charge is 2.14. The van der Waals surface area contributed by atoms with E-state index in [1.54, 1.807) is 6.07 Å². The fraction of sp³-hybridized carbons (Fsp3) is 0.300. The zero-order chi connectivity index (χ0) is 20.7. The molecule has 0 aromatic heterocycles. The molecule has 0 saturated carbocycles. The summed E-state index contributed by atoms with van der Waals surface area (Å²) in [6, 6.07) is 10.1. The van der Waals surface area contributed by atoms with Crippen LogP contribution in [-0.2, 0) is 4.79 Å². The Morgan fingerprint density at radius 1 is 1.29 bits per heavy atom. The fourth-order valence-electron chi connectivity index (χ4n) is 2.68. The Kier molecular flexibility index (Phi) is 7.08. The number of carbonyl (C=O) groups is 1. The Morgan fingerprint density at radius 3 is 2.64 bits per heavy atom. The van der Waals surface area contributed by atoms with Gasteiger partial charge in [0.1, 0.15) is 5.75 Å². The van der Waals surface area contributed by atoms with E-state index < -0.39 is 10.8 Å². The van der Waals surface area contributed by atoms with Crippen LogP contribution >= 0.6 is 0 Å². The van der Waals surface area contributed by atoms with Gasteiger partial charge in [0.2, 0.25) is 0 Å². The molecule has 2 aromatic carbocycles. The Labute approximate surface area is 163 Å². The van der Waals surface area contributed by atoms with Crippen molar-refractivity contribution in [3.63, 3.8) is 0 Å². The molecule has 1 N–H and O–H groups in total. The third-order valence-electron chi connectivity index (χ3n) is 4.04. The third kappa shape index (κ3) is 5.54. The Hall–Kier alpha value is -3.42. The molecule has 0 heterocycles. The molecule has 28 heavy (non-hydrogen) atoms. The van der Waals surface area contributed by atoms with Gasteiger partial charge in [-0.15, -0.1) is 0 Å². The topological polar surface area (TPSA) is 103 Å². The largest absolute Gasteiger partial charge is 0.490 e. The number of amides is 1. The van der Waals surface area contributed by atoms with Crippen molar-refractivity contribution in [2.45, 2.75) is 26.7 Å². The summed E-state index contributed by atoms with van der Waals surface area (Å²) in [6.07, 6.45) is 1.31. The minimum atomic E-state index is -0.546. The molecule has 0 aliphatic carbocycles. The second-order valence-electron chi connectivity index (χ2n) is 6.44. The maximum absolute atomic E-state index is 11.9. The normalized spacial score (nSPS) is 10.9. The van der Waals surface area contributed by atoms with Crippen LogP contribution in [0.1, 0.15) is 36.5 Å². The van der Waals surface area contributed by atoms with E-state index in [1.165, 1.54) is 31.0 Å². The number of hydrogen-bond acceptors (Lipinski definition) is 6. The average molecular weight is 385 g/mol. The van der Waals surface area contributed by atoms with E-state index in [1.807, 2.05) is 25.1 Å². The molecule has 0 fully saturated rings. The van der Waals surface area contributed by atoms with Crippen molar-refractivity contribution in [2.75, 3.05) is 13.7 Å². The second-order valence-corrected chi connectivity index (χ2v) is 6.44. The van der Waals surface area contributed by atoms with Gasteiger partial charge in [-0.2, -0.15) is 5.10 Å². The lowest BCUT2D eigenvalue weighted by atomic mass is 9.98. The van der Waals surface area contributed by atoms with Gasteiger partial charge in [-0.05, 0) is 48.2 Å². The maximum atomic E-state index is 11.9. The summed E-state index contributed by atoms with van der Waals surface area (Å²) >= 11 is 0. The van der Waals surface area contributed by atoms with Crippen molar-refractivity contribution in [3.05, 3.63) is 63.2 Å². The van der Waals surface area contributed by atoms with Gasteiger partial charge in [-0.1, -0.05) is 19.9 Å².